The monoisotopic (exact) mass is 312 g/mol. The van der Waals surface area contributed by atoms with E-state index < -0.39 is 0 Å². The third kappa shape index (κ3) is 4.55. The van der Waals surface area contributed by atoms with E-state index in [2.05, 4.69) is 16.1 Å². The molecule has 1 aromatic carbocycles. The zero-order valence-electron chi connectivity index (χ0n) is 13.0. The minimum absolute atomic E-state index is 0.165. The molecule has 0 amide bonds. The number of ether oxygens (including phenoxy) is 2. The normalized spacial score (nSPS) is 18.5. The van der Waals surface area contributed by atoms with Gasteiger partial charge in [0, 0.05) is 32.0 Å². The lowest BCUT2D eigenvalue weighted by molar-refractivity contribution is -0.0400. The Balaban J connectivity index is 1.41. The number of rotatable bonds is 6. The van der Waals surface area contributed by atoms with Crippen molar-refractivity contribution in [3.63, 3.8) is 0 Å². The third-order valence-corrected chi connectivity index (χ3v) is 3.83. The number of nitriles is 1. The van der Waals surface area contributed by atoms with E-state index in [1.807, 2.05) is 29.1 Å². The van der Waals surface area contributed by atoms with Crippen LogP contribution >= 0.6 is 0 Å². The Bertz CT molecular complexity index is 634. The van der Waals surface area contributed by atoms with Crippen LogP contribution in [0.5, 0.6) is 5.75 Å². The number of benzene rings is 1. The maximum Gasteiger partial charge on any atom is 0.119 e. The van der Waals surface area contributed by atoms with Crippen LogP contribution in [0.25, 0.3) is 0 Å². The number of aromatic nitrogens is 2. The fourth-order valence-corrected chi connectivity index (χ4v) is 2.63. The number of hydrogen-bond donors (Lipinski definition) is 0. The molecular formula is C17H20N4O2. The molecule has 1 aromatic heterocycles. The van der Waals surface area contributed by atoms with Gasteiger partial charge in [-0.2, -0.15) is 10.4 Å². The fourth-order valence-electron chi connectivity index (χ4n) is 2.63. The Hall–Kier alpha value is -2.36. The summed E-state index contributed by atoms with van der Waals surface area (Å²) in [7, 11) is 0. The van der Waals surface area contributed by atoms with Crippen molar-refractivity contribution in [3.05, 3.63) is 48.3 Å². The quantitative estimate of drug-likeness (QED) is 0.809. The fraction of sp³-hybridized carbons (Fsp3) is 0.412. The zero-order chi connectivity index (χ0) is 15.9. The van der Waals surface area contributed by atoms with Crippen molar-refractivity contribution in [2.24, 2.45) is 0 Å². The summed E-state index contributed by atoms with van der Waals surface area (Å²) in [5.41, 5.74) is 0.645. The SMILES string of the molecule is N#Cc1ccc(OCCN2CCO[C@H](Cn3cccn3)C2)cc1. The predicted molar refractivity (Wildman–Crippen MR) is 85.1 cm³/mol. The first-order chi connectivity index (χ1) is 11.3. The van der Waals surface area contributed by atoms with Gasteiger partial charge in [-0.1, -0.05) is 0 Å². The van der Waals surface area contributed by atoms with Gasteiger partial charge in [-0.05, 0) is 30.3 Å². The van der Waals surface area contributed by atoms with E-state index >= 15 is 0 Å². The molecule has 23 heavy (non-hydrogen) atoms. The Morgan fingerprint density at radius 3 is 2.96 bits per heavy atom. The Morgan fingerprint density at radius 1 is 1.35 bits per heavy atom. The van der Waals surface area contributed by atoms with Crippen molar-refractivity contribution >= 4 is 0 Å². The Morgan fingerprint density at radius 2 is 2.22 bits per heavy atom. The van der Waals surface area contributed by atoms with Crippen molar-refractivity contribution < 1.29 is 9.47 Å². The highest BCUT2D eigenvalue weighted by molar-refractivity contribution is 5.34. The number of nitrogens with zero attached hydrogens (tertiary/aromatic N) is 4. The molecule has 120 valence electrons. The van der Waals surface area contributed by atoms with Crippen molar-refractivity contribution in [3.8, 4) is 11.8 Å². The van der Waals surface area contributed by atoms with Gasteiger partial charge in [0.05, 0.1) is 30.9 Å². The first-order valence-corrected chi connectivity index (χ1v) is 7.78. The summed E-state index contributed by atoms with van der Waals surface area (Å²) in [5, 5.41) is 13.0. The highest BCUT2D eigenvalue weighted by atomic mass is 16.5. The second-order valence-corrected chi connectivity index (χ2v) is 5.51. The summed E-state index contributed by atoms with van der Waals surface area (Å²) in [5.74, 6) is 0.797. The van der Waals surface area contributed by atoms with E-state index in [1.54, 1.807) is 18.3 Å². The minimum atomic E-state index is 0.165. The van der Waals surface area contributed by atoms with Gasteiger partial charge in [0.1, 0.15) is 12.4 Å². The van der Waals surface area contributed by atoms with Gasteiger partial charge in [0.25, 0.3) is 0 Å². The van der Waals surface area contributed by atoms with Gasteiger partial charge >= 0.3 is 0 Å². The van der Waals surface area contributed by atoms with Gasteiger partial charge in [0.15, 0.2) is 0 Å². The average Bonchev–Trinajstić information content (AvgIpc) is 3.09. The molecule has 6 nitrogen and oxygen atoms in total. The van der Waals surface area contributed by atoms with Gasteiger partial charge in [-0.25, -0.2) is 0 Å². The molecule has 1 saturated heterocycles. The molecule has 2 aromatic rings. The van der Waals surface area contributed by atoms with Crippen LogP contribution in [0.4, 0.5) is 0 Å². The molecule has 1 aliphatic heterocycles. The molecule has 0 N–H and O–H groups in total. The first kappa shape index (κ1) is 15.5. The molecule has 1 aliphatic rings. The molecule has 1 fully saturated rings. The van der Waals surface area contributed by atoms with Crippen molar-refractivity contribution in [2.75, 3.05) is 32.8 Å². The van der Waals surface area contributed by atoms with Crippen LogP contribution in [0.3, 0.4) is 0 Å². The Kier molecular flexibility index (Phi) is 5.25. The lowest BCUT2D eigenvalue weighted by atomic mass is 10.2. The molecule has 0 unspecified atom stereocenters. The van der Waals surface area contributed by atoms with E-state index in [9.17, 15) is 0 Å². The molecule has 2 heterocycles. The van der Waals surface area contributed by atoms with Crippen LogP contribution in [-0.2, 0) is 11.3 Å². The summed E-state index contributed by atoms with van der Waals surface area (Å²) in [4.78, 5) is 2.35. The van der Waals surface area contributed by atoms with Crippen molar-refractivity contribution in [1.82, 2.24) is 14.7 Å². The molecule has 0 bridgehead atoms. The highest BCUT2D eigenvalue weighted by Crippen LogP contribution is 2.12. The number of hydrogen-bond acceptors (Lipinski definition) is 5. The molecule has 0 spiro atoms. The van der Waals surface area contributed by atoms with Crippen LogP contribution < -0.4 is 4.74 Å². The molecule has 6 heteroatoms. The summed E-state index contributed by atoms with van der Waals surface area (Å²) >= 11 is 0. The van der Waals surface area contributed by atoms with E-state index in [0.29, 0.717) is 12.2 Å². The van der Waals surface area contributed by atoms with Crippen LogP contribution in [-0.4, -0.2) is 53.6 Å². The van der Waals surface area contributed by atoms with Crippen molar-refractivity contribution in [2.45, 2.75) is 12.6 Å². The zero-order valence-corrected chi connectivity index (χ0v) is 13.0. The van der Waals surface area contributed by atoms with Gasteiger partial charge in [0.2, 0.25) is 0 Å². The maximum atomic E-state index is 8.78. The maximum absolute atomic E-state index is 8.78. The van der Waals surface area contributed by atoms with Gasteiger partial charge in [-0.3, -0.25) is 9.58 Å². The van der Waals surface area contributed by atoms with Crippen LogP contribution in [0.15, 0.2) is 42.7 Å². The topological polar surface area (TPSA) is 63.3 Å². The lowest BCUT2D eigenvalue weighted by Crippen LogP contribution is -2.45. The third-order valence-electron chi connectivity index (χ3n) is 3.83. The van der Waals surface area contributed by atoms with E-state index in [-0.39, 0.29) is 6.10 Å². The first-order valence-electron chi connectivity index (χ1n) is 7.78. The van der Waals surface area contributed by atoms with E-state index in [4.69, 9.17) is 14.7 Å². The molecular weight excluding hydrogens is 292 g/mol. The molecule has 1 atom stereocenters. The smallest absolute Gasteiger partial charge is 0.119 e. The summed E-state index contributed by atoms with van der Waals surface area (Å²) in [6.45, 7) is 4.81. The second kappa shape index (κ2) is 7.77. The van der Waals surface area contributed by atoms with Crippen LogP contribution in [0, 0.1) is 11.3 Å². The summed E-state index contributed by atoms with van der Waals surface area (Å²) in [6.07, 6.45) is 3.90. The van der Waals surface area contributed by atoms with Crippen LogP contribution in [0.1, 0.15) is 5.56 Å². The lowest BCUT2D eigenvalue weighted by Gasteiger charge is -2.32. The van der Waals surface area contributed by atoms with E-state index in [1.165, 1.54) is 0 Å². The standard InChI is InChI=1S/C17H20N4O2/c18-12-15-2-4-16(5-3-15)22-10-8-20-9-11-23-17(13-20)14-21-7-1-6-19-21/h1-7,17H,8-11,13-14H2/t17-/m0/s1. The van der Waals surface area contributed by atoms with Crippen LogP contribution in [0.2, 0.25) is 0 Å². The van der Waals surface area contributed by atoms with Gasteiger partial charge < -0.3 is 9.47 Å². The van der Waals surface area contributed by atoms with E-state index in [0.717, 1.165) is 38.5 Å². The highest BCUT2D eigenvalue weighted by Gasteiger charge is 2.20. The molecule has 0 aliphatic carbocycles. The van der Waals surface area contributed by atoms with Crippen molar-refractivity contribution in [1.29, 1.82) is 5.26 Å². The second-order valence-electron chi connectivity index (χ2n) is 5.51. The summed E-state index contributed by atoms with van der Waals surface area (Å²) < 4.78 is 13.4. The molecule has 3 rings (SSSR count). The largest absolute Gasteiger partial charge is 0.492 e. The average molecular weight is 312 g/mol. The number of morpholine rings is 1. The molecule has 0 radical (unpaired) electrons. The summed E-state index contributed by atoms with van der Waals surface area (Å²) in [6, 6.07) is 11.2. The molecule has 0 saturated carbocycles. The predicted octanol–water partition coefficient (Wildman–Crippen LogP) is 1.53. The Labute approximate surface area is 135 Å². The minimum Gasteiger partial charge on any atom is -0.492 e. The van der Waals surface area contributed by atoms with Gasteiger partial charge in [-0.15, -0.1) is 0 Å².